The van der Waals surface area contributed by atoms with Crippen molar-refractivity contribution in [3.63, 3.8) is 0 Å². The van der Waals surface area contributed by atoms with Crippen molar-refractivity contribution in [3.05, 3.63) is 64.1 Å². The van der Waals surface area contributed by atoms with Crippen molar-refractivity contribution in [2.75, 3.05) is 25.4 Å². The lowest BCUT2D eigenvalue weighted by atomic mass is 10.0. The first-order valence-electron chi connectivity index (χ1n) is 11.5. The Morgan fingerprint density at radius 3 is 2.56 bits per heavy atom. The second-order valence-corrected chi connectivity index (χ2v) is 9.36. The molecule has 4 N–H and O–H groups in total. The summed E-state index contributed by atoms with van der Waals surface area (Å²) in [6.07, 6.45) is 3.01. The Balaban J connectivity index is 1.11. The first-order valence-corrected chi connectivity index (χ1v) is 12.2. The Kier molecular flexibility index (Phi) is 8.32. The normalized spacial score (nSPS) is 14.8. The van der Waals surface area contributed by atoms with E-state index in [9.17, 15) is 4.79 Å². The van der Waals surface area contributed by atoms with Crippen LogP contribution in [0, 0.1) is 0 Å². The predicted molar refractivity (Wildman–Crippen MR) is 136 cm³/mol. The van der Waals surface area contributed by atoms with E-state index in [1.807, 2.05) is 42.5 Å². The number of aromatic nitrogens is 2. The summed E-state index contributed by atoms with van der Waals surface area (Å²) in [5.41, 5.74) is 8.64. The number of anilines is 1. The molecule has 0 spiro atoms. The fraction of sp³-hybridized carbons (Fsp3) is 0.360. The molecule has 0 radical (unpaired) electrons. The summed E-state index contributed by atoms with van der Waals surface area (Å²) in [5.74, 6) is 1.31. The van der Waals surface area contributed by atoms with E-state index in [2.05, 4.69) is 20.4 Å². The molecular formula is C25H29Cl2N5O2. The average molecular weight is 502 g/mol. The average Bonchev–Trinajstić information content (AvgIpc) is 3.27. The molecule has 1 aromatic heterocycles. The van der Waals surface area contributed by atoms with Crippen LogP contribution in [0.1, 0.15) is 31.2 Å². The molecule has 1 aliphatic rings. The molecule has 4 rings (SSSR count). The number of nitrogens with one attached hydrogen (secondary N) is 2. The van der Waals surface area contributed by atoms with Gasteiger partial charge in [0.05, 0.1) is 22.3 Å². The van der Waals surface area contributed by atoms with Crippen LogP contribution in [0.15, 0.2) is 48.5 Å². The topological polar surface area (TPSA) is 96.3 Å². The summed E-state index contributed by atoms with van der Waals surface area (Å²) in [4.78, 5) is 14.7. The van der Waals surface area contributed by atoms with E-state index in [0.29, 0.717) is 35.3 Å². The number of carbonyl (C=O) groups excluding carboxylic acids is 1. The van der Waals surface area contributed by atoms with Crippen LogP contribution in [0.25, 0.3) is 11.3 Å². The van der Waals surface area contributed by atoms with Crippen molar-refractivity contribution >= 4 is 34.9 Å². The van der Waals surface area contributed by atoms with Gasteiger partial charge in [0.2, 0.25) is 5.91 Å². The Morgan fingerprint density at radius 2 is 1.88 bits per heavy atom. The van der Waals surface area contributed by atoms with Crippen molar-refractivity contribution in [1.29, 1.82) is 0 Å². The number of nitrogen functional groups attached to an aromatic ring is 1. The van der Waals surface area contributed by atoms with Crippen LogP contribution in [-0.4, -0.2) is 46.7 Å². The molecule has 2 aromatic carbocycles. The number of aromatic amines is 1. The minimum atomic E-state index is 0.0821. The van der Waals surface area contributed by atoms with Crippen LogP contribution in [0.4, 0.5) is 5.82 Å². The summed E-state index contributed by atoms with van der Waals surface area (Å²) < 4.78 is 5.77. The number of halogens is 2. The second-order valence-electron chi connectivity index (χ2n) is 8.55. The number of amides is 1. The number of carbonyl (C=O) groups is 1. The van der Waals surface area contributed by atoms with E-state index in [1.54, 1.807) is 6.07 Å². The molecule has 1 saturated heterocycles. The number of hydrogen-bond acceptors (Lipinski definition) is 5. The molecule has 0 bridgehead atoms. The smallest absolute Gasteiger partial charge is 0.220 e. The number of benzene rings is 2. The van der Waals surface area contributed by atoms with Gasteiger partial charge in [0.15, 0.2) is 0 Å². The molecule has 2 heterocycles. The molecule has 0 aliphatic carbocycles. The molecule has 7 nitrogen and oxygen atoms in total. The number of hydrogen-bond donors (Lipinski definition) is 3. The van der Waals surface area contributed by atoms with Gasteiger partial charge in [0.1, 0.15) is 11.6 Å². The summed E-state index contributed by atoms with van der Waals surface area (Å²) in [6, 6.07) is 15.5. The third-order valence-corrected chi connectivity index (χ3v) is 6.66. The summed E-state index contributed by atoms with van der Waals surface area (Å²) in [5, 5.41) is 11.1. The third kappa shape index (κ3) is 6.88. The molecule has 180 valence electrons. The van der Waals surface area contributed by atoms with Crippen LogP contribution >= 0.6 is 23.2 Å². The summed E-state index contributed by atoms with van der Waals surface area (Å²) >= 11 is 12.1. The summed E-state index contributed by atoms with van der Waals surface area (Å²) in [7, 11) is 0. The Bertz CT molecular complexity index is 1090. The Hall–Kier alpha value is -2.74. The lowest BCUT2D eigenvalue weighted by molar-refractivity contribution is -0.122. The second kappa shape index (κ2) is 11.6. The van der Waals surface area contributed by atoms with E-state index in [1.165, 1.54) is 0 Å². The van der Waals surface area contributed by atoms with Crippen LogP contribution in [0.2, 0.25) is 10.0 Å². The zero-order chi connectivity index (χ0) is 23.9. The number of rotatable bonds is 9. The SMILES string of the molecule is Nc1cc(-c2ccc(OCCCC(=O)NC3CCN(Cc4ccc(Cl)c(Cl)c4)CC3)cc2)[nH]n1. The molecule has 0 unspecified atom stereocenters. The quantitative estimate of drug-likeness (QED) is 0.362. The van der Waals surface area contributed by atoms with Crippen LogP contribution in [-0.2, 0) is 11.3 Å². The highest BCUT2D eigenvalue weighted by Crippen LogP contribution is 2.24. The lowest BCUT2D eigenvalue weighted by Crippen LogP contribution is -2.44. The maximum Gasteiger partial charge on any atom is 0.220 e. The van der Waals surface area contributed by atoms with Gasteiger partial charge in [-0.25, -0.2) is 0 Å². The van der Waals surface area contributed by atoms with Crippen LogP contribution in [0.3, 0.4) is 0 Å². The molecular weight excluding hydrogens is 473 g/mol. The van der Waals surface area contributed by atoms with Crippen molar-refractivity contribution in [2.24, 2.45) is 0 Å². The number of nitrogens with two attached hydrogens (primary N) is 1. The maximum absolute atomic E-state index is 12.3. The molecule has 34 heavy (non-hydrogen) atoms. The van der Waals surface area contributed by atoms with Gasteiger partial charge in [-0.15, -0.1) is 0 Å². The fourth-order valence-electron chi connectivity index (χ4n) is 4.07. The van der Waals surface area contributed by atoms with Gasteiger partial charge in [-0.3, -0.25) is 14.8 Å². The highest BCUT2D eigenvalue weighted by Gasteiger charge is 2.20. The van der Waals surface area contributed by atoms with E-state index in [0.717, 1.165) is 55.0 Å². The first-order chi connectivity index (χ1) is 16.5. The Labute approximate surface area is 209 Å². The largest absolute Gasteiger partial charge is 0.494 e. The van der Waals surface area contributed by atoms with Crippen molar-refractivity contribution in [3.8, 4) is 17.0 Å². The van der Waals surface area contributed by atoms with Crippen molar-refractivity contribution < 1.29 is 9.53 Å². The number of piperidine rings is 1. The molecule has 1 aliphatic heterocycles. The minimum absolute atomic E-state index is 0.0821. The van der Waals surface area contributed by atoms with E-state index < -0.39 is 0 Å². The molecule has 0 saturated carbocycles. The number of nitrogens with zero attached hydrogens (tertiary/aromatic N) is 2. The van der Waals surface area contributed by atoms with Gasteiger partial charge in [-0.2, -0.15) is 5.10 Å². The standard InChI is InChI=1S/C25H29Cl2N5O2/c26-21-8-3-17(14-22(21)27)16-32-11-9-19(10-12-32)29-25(33)2-1-13-34-20-6-4-18(5-7-20)23-15-24(28)31-30-23/h3-8,14-15,19H,1-2,9-13,16H2,(H,29,33)(H3,28,30,31). The first kappa shape index (κ1) is 24.4. The summed E-state index contributed by atoms with van der Waals surface area (Å²) in [6.45, 7) is 3.21. The molecule has 0 atom stereocenters. The number of H-pyrrole nitrogens is 1. The number of ether oxygens (including phenoxy) is 1. The predicted octanol–water partition coefficient (Wildman–Crippen LogP) is 4.91. The van der Waals surface area contributed by atoms with E-state index in [4.69, 9.17) is 33.7 Å². The van der Waals surface area contributed by atoms with Crippen molar-refractivity contribution in [1.82, 2.24) is 20.4 Å². The lowest BCUT2D eigenvalue weighted by Gasteiger charge is -2.32. The van der Waals surface area contributed by atoms with Crippen LogP contribution in [0.5, 0.6) is 5.75 Å². The van der Waals surface area contributed by atoms with Gasteiger partial charge < -0.3 is 15.8 Å². The van der Waals surface area contributed by atoms with Gasteiger partial charge in [0, 0.05) is 38.2 Å². The maximum atomic E-state index is 12.3. The highest BCUT2D eigenvalue weighted by atomic mass is 35.5. The van der Waals surface area contributed by atoms with E-state index >= 15 is 0 Å². The molecule has 9 heteroatoms. The van der Waals surface area contributed by atoms with Gasteiger partial charge >= 0.3 is 0 Å². The van der Waals surface area contributed by atoms with Gasteiger partial charge in [0.25, 0.3) is 0 Å². The minimum Gasteiger partial charge on any atom is -0.494 e. The van der Waals surface area contributed by atoms with E-state index in [-0.39, 0.29) is 11.9 Å². The Morgan fingerprint density at radius 1 is 1.12 bits per heavy atom. The third-order valence-electron chi connectivity index (χ3n) is 5.92. The van der Waals surface area contributed by atoms with Gasteiger partial charge in [-0.1, -0.05) is 29.3 Å². The molecule has 1 fully saturated rings. The van der Waals surface area contributed by atoms with Gasteiger partial charge in [-0.05, 0) is 66.8 Å². The highest BCUT2D eigenvalue weighted by molar-refractivity contribution is 6.42. The monoisotopic (exact) mass is 501 g/mol. The molecule has 1 amide bonds. The zero-order valence-corrected chi connectivity index (χ0v) is 20.4. The number of likely N-dealkylation sites (tertiary alicyclic amines) is 1. The van der Waals surface area contributed by atoms with Crippen molar-refractivity contribution in [2.45, 2.75) is 38.3 Å². The van der Waals surface area contributed by atoms with Crippen LogP contribution < -0.4 is 15.8 Å². The zero-order valence-electron chi connectivity index (χ0n) is 18.9. The molecule has 3 aromatic rings. The fourth-order valence-corrected chi connectivity index (χ4v) is 4.39.